The van der Waals surface area contributed by atoms with Gasteiger partial charge in [-0.25, -0.2) is 0 Å². The lowest BCUT2D eigenvalue weighted by Crippen LogP contribution is -2.14. The molecule has 0 spiro atoms. The van der Waals surface area contributed by atoms with Crippen LogP contribution in [0.1, 0.15) is 6.42 Å². The number of aromatic nitrogens is 2. The Kier molecular flexibility index (Phi) is 2.60. The second-order valence-electron chi connectivity index (χ2n) is 3.29. The molecule has 0 aliphatic rings. The molecule has 0 aliphatic heterocycles. The minimum Gasteiger partial charge on any atom is -0.370 e. The van der Waals surface area contributed by atoms with Crippen LogP contribution in [0.25, 0.3) is 10.9 Å². The lowest BCUT2D eigenvalue weighted by Gasteiger charge is -2.00. The minimum atomic E-state index is -0.326. The number of carbonyl (C=O) groups is 1. The number of benzene rings is 1. The molecule has 0 bridgehead atoms. The number of halogens is 1. The van der Waals surface area contributed by atoms with Crippen molar-refractivity contribution in [3.63, 3.8) is 0 Å². The van der Waals surface area contributed by atoms with Gasteiger partial charge in [-0.05, 0) is 18.2 Å². The first kappa shape index (κ1) is 9.98. The predicted molar refractivity (Wildman–Crippen MR) is 58.6 cm³/mol. The highest BCUT2D eigenvalue weighted by Crippen LogP contribution is 2.18. The first-order valence-electron chi connectivity index (χ1n) is 4.56. The molecule has 1 heterocycles. The second-order valence-corrected chi connectivity index (χ2v) is 3.72. The van der Waals surface area contributed by atoms with E-state index >= 15 is 0 Å². The summed E-state index contributed by atoms with van der Waals surface area (Å²) in [5.41, 5.74) is 6.04. The number of primary amides is 1. The van der Waals surface area contributed by atoms with Crippen LogP contribution < -0.4 is 5.73 Å². The molecule has 0 atom stereocenters. The molecule has 1 amide bonds. The van der Waals surface area contributed by atoms with Gasteiger partial charge in [0.1, 0.15) is 0 Å². The number of rotatable bonds is 3. The Morgan fingerprint density at radius 1 is 1.53 bits per heavy atom. The Bertz CT molecular complexity index is 506. The van der Waals surface area contributed by atoms with Crippen LogP contribution in [0, 0.1) is 0 Å². The third-order valence-corrected chi connectivity index (χ3v) is 2.41. The first-order valence-corrected chi connectivity index (χ1v) is 4.94. The molecule has 4 nitrogen and oxygen atoms in total. The quantitative estimate of drug-likeness (QED) is 0.859. The van der Waals surface area contributed by atoms with Gasteiger partial charge in [-0.3, -0.25) is 9.48 Å². The van der Waals surface area contributed by atoms with Gasteiger partial charge in [-0.2, -0.15) is 5.10 Å². The Morgan fingerprint density at radius 3 is 3.07 bits per heavy atom. The average molecular weight is 224 g/mol. The van der Waals surface area contributed by atoms with E-state index in [1.54, 1.807) is 16.9 Å². The van der Waals surface area contributed by atoms with Gasteiger partial charge in [0, 0.05) is 16.8 Å². The monoisotopic (exact) mass is 223 g/mol. The summed E-state index contributed by atoms with van der Waals surface area (Å²) in [6.45, 7) is 0.500. The van der Waals surface area contributed by atoms with Crippen molar-refractivity contribution in [2.24, 2.45) is 5.73 Å². The van der Waals surface area contributed by atoms with Gasteiger partial charge in [0.25, 0.3) is 0 Å². The molecule has 5 heteroatoms. The number of nitrogens with two attached hydrogens (primary N) is 1. The van der Waals surface area contributed by atoms with Crippen molar-refractivity contribution >= 4 is 28.4 Å². The molecule has 0 radical (unpaired) electrons. The molecule has 78 valence electrons. The predicted octanol–water partition coefficient (Wildman–Crippen LogP) is 1.57. The average Bonchev–Trinajstić information content (AvgIpc) is 2.57. The number of carbonyl (C=O) groups excluding carboxylic acids is 1. The van der Waals surface area contributed by atoms with Crippen LogP contribution in [-0.2, 0) is 11.3 Å². The maximum absolute atomic E-state index is 10.6. The van der Waals surface area contributed by atoms with Crippen molar-refractivity contribution in [1.29, 1.82) is 0 Å². The van der Waals surface area contributed by atoms with E-state index in [9.17, 15) is 4.79 Å². The molecule has 1 aromatic carbocycles. The van der Waals surface area contributed by atoms with Gasteiger partial charge in [-0.15, -0.1) is 0 Å². The summed E-state index contributed by atoms with van der Waals surface area (Å²) in [7, 11) is 0. The molecule has 2 aromatic rings. The summed E-state index contributed by atoms with van der Waals surface area (Å²) >= 11 is 5.84. The normalized spacial score (nSPS) is 10.7. The van der Waals surface area contributed by atoms with E-state index in [0.29, 0.717) is 18.0 Å². The highest BCUT2D eigenvalue weighted by atomic mass is 35.5. The van der Waals surface area contributed by atoms with Gasteiger partial charge in [0.2, 0.25) is 5.91 Å². The summed E-state index contributed by atoms with van der Waals surface area (Å²) in [5, 5.41) is 5.80. The van der Waals surface area contributed by atoms with E-state index in [2.05, 4.69) is 5.10 Å². The third-order valence-electron chi connectivity index (χ3n) is 2.17. The zero-order valence-corrected chi connectivity index (χ0v) is 8.74. The fraction of sp³-hybridized carbons (Fsp3) is 0.200. The lowest BCUT2D eigenvalue weighted by molar-refractivity contribution is -0.118. The largest absolute Gasteiger partial charge is 0.370 e. The number of amides is 1. The zero-order chi connectivity index (χ0) is 10.8. The van der Waals surface area contributed by atoms with Gasteiger partial charge >= 0.3 is 0 Å². The molecule has 15 heavy (non-hydrogen) atoms. The molecular formula is C10H10ClN3O. The zero-order valence-electron chi connectivity index (χ0n) is 7.98. The van der Waals surface area contributed by atoms with Crippen molar-refractivity contribution < 1.29 is 4.79 Å². The summed E-state index contributed by atoms with van der Waals surface area (Å²) in [6, 6.07) is 5.52. The smallest absolute Gasteiger partial charge is 0.219 e. The van der Waals surface area contributed by atoms with Crippen LogP contribution in [0.2, 0.25) is 5.02 Å². The molecule has 0 fully saturated rings. The van der Waals surface area contributed by atoms with E-state index < -0.39 is 0 Å². The summed E-state index contributed by atoms with van der Waals surface area (Å²) in [4.78, 5) is 10.6. The standard InChI is InChI=1S/C10H10ClN3O/c11-8-1-2-9-7(5-8)6-13-14(9)4-3-10(12)15/h1-2,5-6H,3-4H2,(H2,12,15). The molecule has 0 aliphatic carbocycles. The summed E-state index contributed by atoms with van der Waals surface area (Å²) in [6.07, 6.45) is 2.02. The van der Waals surface area contributed by atoms with Crippen molar-refractivity contribution in [2.45, 2.75) is 13.0 Å². The van der Waals surface area contributed by atoms with Crippen LogP contribution in [0.4, 0.5) is 0 Å². The first-order chi connectivity index (χ1) is 7.16. The topological polar surface area (TPSA) is 60.9 Å². The van der Waals surface area contributed by atoms with Crippen LogP contribution in [0.15, 0.2) is 24.4 Å². The van der Waals surface area contributed by atoms with Crippen LogP contribution in [0.3, 0.4) is 0 Å². The van der Waals surface area contributed by atoms with Crippen LogP contribution in [0.5, 0.6) is 0 Å². The van der Waals surface area contributed by atoms with Gasteiger partial charge in [0.05, 0.1) is 18.3 Å². The maximum Gasteiger partial charge on any atom is 0.219 e. The number of aryl methyl sites for hydroxylation is 1. The van der Waals surface area contributed by atoms with Crippen molar-refractivity contribution in [2.75, 3.05) is 0 Å². The maximum atomic E-state index is 10.6. The van der Waals surface area contributed by atoms with Crippen LogP contribution >= 0.6 is 11.6 Å². The Morgan fingerprint density at radius 2 is 2.33 bits per heavy atom. The van der Waals surface area contributed by atoms with Gasteiger partial charge in [0.15, 0.2) is 0 Å². The highest BCUT2D eigenvalue weighted by Gasteiger charge is 2.03. The molecular weight excluding hydrogens is 214 g/mol. The highest BCUT2D eigenvalue weighted by molar-refractivity contribution is 6.31. The van der Waals surface area contributed by atoms with Crippen LogP contribution in [-0.4, -0.2) is 15.7 Å². The van der Waals surface area contributed by atoms with Gasteiger partial charge in [-0.1, -0.05) is 11.6 Å². The van der Waals surface area contributed by atoms with E-state index in [-0.39, 0.29) is 5.91 Å². The number of nitrogens with zero attached hydrogens (tertiary/aromatic N) is 2. The fourth-order valence-corrected chi connectivity index (χ4v) is 1.63. The van der Waals surface area contributed by atoms with Crippen molar-refractivity contribution in [3.05, 3.63) is 29.4 Å². The number of hydrogen-bond donors (Lipinski definition) is 1. The van der Waals surface area contributed by atoms with E-state index in [4.69, 9.17) is 17.3 Å². The molecule has 1 aromatic heterocycles. The van der Waals surface area contributed by atoms with E-state index in [1.165, 1.54) is 0 Å². The van der Waals surface area contributed by atoms with E-state index in [0.717, 1.165) is 10.9 Å². The van der Waals surface area contributed by atoms with E-state index in [1.807, 2.05) is 12.1 Å². The number of fused-ring (bicyclic) bond motifs is 1. The minimum absolute atomic E-state index is 0.291. The van der Waals surface area contributed by atoms with Gasteiger partial charge < -0.3 is 5.73 Å². The van der Waals surface area contributed by atoms with Crippen molar-refractivity contribution in [3.8, 4) is 0 Å². The Labute approximate surface area is 91.6 Å². The number of hydrogen-bond acceptors (Lipinski definition) is 2. The SMILES string of the molecule is NC(=O)CCn1ncc2cc(Cl)ccc21. The Balaban J connectivity index is 2.32. The lowest BCUT2D eigenvalue weighted by atomic mass is 10.2. The fourth-order valence-electron chi connectivity index (χ4n) is 1.45. The molecule has 0 unspecified atom stereocenters. The molecule has 0 saturated carbocycles. The molecule has 2 rings (SSSR count). The Hall–Kier alpha value is -1.55. The molecule has 0 saturated heterocycles. The van der Waals surface area contributed by atoms with Crippen molar-refractivity contribution in [1.82, 2.24) is 9.78 Å². The third kappa shape index (κ3) is 2.10. The summed E-state index contributed by atoms with van der Waals surface area (Å²) < 4.78 is 1.75. The second kappa shape index (κ2) is 3.90. The summed E-state index contributed by atoms with van der Waals surface area (Å²) in [5.74, 6) is -0.326. The molecule has 2 N–H and O–H groups in total.